The summed E-state index contributed by atoms with van der Waals surface area (Å²) >= 11 is 0. The van der Waals surface area contributed by atoms with Crippen LogP contribution in [0.3, 0.4) is 0 Å². The average Bonchev–Trinajstić information content (AvgIpc) is 2.38. The van der Waals surface area contributed by atoms with Gasteiger partial charge in [-0.2, -0.15) is 0 Å². The lowest BCUT2D eigenvalue weighted by molar-refractivity contribution is -0.137. The van der Waals surface area contributed by atoms with Gasteiger partial charge in [-0.1, -0.05) is 12.1 Å². The minimum absolute atomic E-state index is 0.0178. The highest BCUT2D eigenvalue weighted by atomic mass is 16.5. The summed E-state index contributed by atoms with van der Waals surface area (Å²) in [7, 11) is 0. The van der Waals surface area contributed by atoms with Crippen molar-refractivity contribution in [1.82, 2.24) is 5.32 Å². The summed E-state index contributed by atoms with van der Waals surface area (Å²) in [5.41, 5.74) is 1.11. The number of aliphatic carboxylic acids is 1. The predicted octanol–water partition coefficient (Wildman–Crippen LogP) is 2.52. The van der Waals surface area contributed by atoms with Crippen molar-refractivity contribution in [2.45, 2.75) is 45.6 Å². The van der Waals surface area contributed by atoms with E-state index in [4.69, 9.17) is 9.84 Å². The summed E-state index contributed by atoms with van der Waals surface area (Å²) in [5, 5.41) is 11.4. The molecule has 1 aromatic carbocycles. The molecule has 0 aromatic heterocycles. The Balaban J connectivity index is 2.17. The van der Waals surface area contributed by atoms with Crippen molar-refractivity contribution < 1.29 is 19.4 Å². The Kier molecular flexibility index (Phi) is 7.29. The molecule has 0 radical (unpaired) electrons. The number of rotatable bonds is 9. The van der Waals surface area contributed by atoms with Gasteiger partial charge in [-0.25, -0.2) is 0 Å². The van der Waals surface area contributed by atoms with E-state index in [2.05, 4.69) is 5.32 Å². The zero-order valence-corrected chi connectivity index (χ0v) is 12.6. The molecule has 1 amide bonds. The monoisotopic (exact) mass is 293 g/mol. The molecule has 1 unspecified atom stereocenters. The number of carboxylic acid groups (broad SMARTS) is 1. The highest BCUT2D eigenvalue weighted by Gasteiger charge is 2.08. The van der Waals surface area contributed by atoms with E-state index in [1.807, 2.05) is 38.1 Å². The fourth-order valence-electron chi connectivity index (χ4n) is 1.95. The maximum Gasteiger partial charge on any atom is 0.303 e. The molecule has 5 nitrogen and oxygen atoms in total. The van der Waals surface area contributed by atoms with Crippen LogP contribution in [0.4, 0.5) is 0 Å². The molecule has 116 valence electrons. The molecule has 0 heterocycles. The predicted molar refractivity (Wildman–Crippen MR) is 80.4 cm³/mol. The number of amides is 1. The van der Waals surface area contributed by atoms with Gasteiger partial charge in [0.25, 0.3) is 0 Å². The van der Waals surface area contributed by atoms with Crippen LogP contribution in [-0.4, -0.2) is 29.6 Å². The Hall–Kier alpha value is -2.04. The van der Waals surface area contributed by atoms with Gasteiger partial charge >= 0.3 is 5.97 Å². The van der Waals surface area contributed by atoms with Crippen LogP contribution < -0.4 is 10.1 Å². The number of aryl methyl sites for hydroxylation is 1. The number of benzene rings is 1. The Morgan fingerprint density at radius 3 is 2.76 bits per heavy atom. The number of carboxylic acids is 1. The lowest BCUT2D eigenvalue weighted by Gasteiger charge is -2.13. The molecule has 0 aliphatic carbocycles. The topological polar surface area (TPSA) is 75.6 Å². The van der Waals surface area contributed by atoms with Crippen LogP contribution in [0, 0.1) is 6.92 Å². The van der Waals surface area contributed by atoms with Crippen LogP contribution in [0.5, 0.6) is 5.75 Å². The van der Waals surface area contributed by atoms with E-state index in [0.29, 0.717) is 19.4 Å². The molecule has 1 rings (SSSR count). The first-order valence-electron chi connectivity index (χ1n) is 7.18. The third-order valence-electron chi connectivity index (χ3n) is 3.02. The molecule has 2 N–H and O–H groups in total. The molecule has 0 spiro atoms. The second kappa shape index (κ2) is 9.00. The number of ether oxygens (including phenoxy) is 1. The lowest BCUT2D eigenvalue weighted by Crippen LogP contribution is -2.33. The summed E-state index contributed by atoms with van der Waals surface area (Å²) in [6, 6.07) is 7.66. The molecule has 0 aliphatic rings. The van der Waals surface area contributed by atoms with E-state index in [0.717, 1.165) is 11.3 Å². The molecular formula is C16H23NO4. The van der Waals surface area contributed by atoms with Gasteiger partial charge in [0.05, 0.1) is 13.0 Å². The van der Waals surface area contributed by atoms with Gasteiger partial charge in [0.15, 0.2) is 0 Å². The standard InChI is InChI=1S/C16H23NO4/c1-12-5-3-7-14(11-12)21-10-9-15(18)17-13(2)6-4-8-16(19)20/h3,5,7,11,13H,4,6,8-10H2,1-2H3,(H,17,18)(H,19,20). The van der Waals surface area contributed by atoms with E-state index in [9.17, 15) is 9.59 Å². The SMILES string of the molecule is Cc1cccc(OCCC(=O)NC(C)CCCC(=O)O)c1. The molecule has 0 saturated heterocycles. The second-order valence-electron chi connectivity index (χ2n) is 5.17. The molecule has 0 aliphatic heterocycles. The molecule has 5 heteroatoms. The minimum atomic E-state index is -0.805. The van der Waals surface area contributed by atoms with Crippen molar-refractivity contribution >= 4 is 11.9 Å². The molecule has 1 aromatic rings. The number of hydrogen-bond donors (Lipinski definition) is 2. The molecule has 0 saturated carbocycles. The minimum Gasteiger partial charge on any atom is -0.493 e. The van der Waals surface area contributed by atoms with Crippen LogP contribution in [0.25, 0.3) is 0 Å². The Morgan fingerprint density at radius 2 is 2.10 bits per heavy atom. The van der Waals surface area contributed by atoms with Crippen LogP contribution in [0.1, 0.15) is 38.2 Å². The number of carbonyl (C=O) groups is 2. The molecule has 21 heavy (non-hydrogen) atoms. The molecule has 0 bridgehead atoms. The number of hydrogen-bond acceptors (Lipinski definition) is 3. The first-order chi connectivity index (χ1) is 9.97. The Labute approximate surface area is 125 Å². The first kappa shape index (κ1) is 17.0. The van der Waals surface area contributed by atoms with Gasteiger partial charge in [0, 0.05) is 12.5 Å². The third kappa shape index (κ3) is 7.97. The fraction of sp³-hybridized carbons (Fsp3) is 0.500. The van der Waals surface area contributed by atoms with Gasteiger partial charge in [0.2, 0.25) is 5.91 Å². The van der Waals surface area contributed by atoms with Gasteiger partial charge < -0.3 is 15.2 Å². The van der Waals surface area contributed by atoms with Crippen molar-refractivity contribution in [3.63, 3.8) is 0 Å². The average molecular weight is 293 g/mol. The summed E-state index contributed by atoms with van der Waals surface area (Å²) in [6.45, 7) is 4.19. The van der Waals surface area contributed by atoms with Crippen molar-refractivity contribution in [1.29, 1.82) is 0 Å². The quantitative estimate of drug-likeness (QED) is 0.733. The Bertz CT molecular complexity index is 473. The summed E-state index contributed by atoms with van der Waals surface area (Å²) in [5.74, 6) is -0.122. The van der Waals surface area contributed by atoms with Gasteiger partial charge in [-0.3, -0.25) is 9.59 Å². The smallest absolute Gasteiger partial charge is 0.303 e. The van der Waals surface area contributed by atoms with E-state index in [1.54, 1.807) is 0 Å². The van der Waals surface area contributed by atoms with Gasteiger partial charge in [-0.05, 0) is 44.4 Å². The molecule has 0 fully saturated rings. The maximum absolute atomic E-state index is 11.7. The second-order valence-corrected chi connectivity index (χ2v) is 5.17. The van der Waals surface area contributed by atoms with E-state index in [1.165, 1.54) is 0 Å². The summed E-state index contributed by atoms with van der Waals surface area (Å²) in [4.78, 5) is 22.1. The van der Waals surface area contributed by atoms with Crippen molar-refractivity contribution in [3.8, 4) is 5.75 Å². The fourth-order valence-corrected chi connectivity index (χ4v) is 1.95. The van der Waals surface area contributed by atoms with Gasteiger partial charge in [0.1, 0.15) is 5.75 Å². The third-order valence-corrected chi connectivity index (χ3v) is 3.02. The van der Waals surface area contributed by atoms with Crippen LogP contribution in [-0.2, 0) is 9.59 Å². The normalized spacial score (nSPS) is 11.7. The summed E-state index contributed by atoms with van der Waals surface area (Å²) < 4.78 is 5.51. The van der Waals surface area contributed by atoms with Crippen molar-refractivity contribution in [2.24, 2.45) is 0 Å². The highest BCUT2D eigenvalue weighted by molar-refractivity contribution is 5.76. The number of carbonyl (C=O) groups excluding carboxylic acids is 1. The molecular weight excluding hydrogens is 270 g/mol. The van der Waals surface area contributed by atoms with Crippen LogP contribution in [0.2, 0.25) is 0 Å². The van der Waals surface area contributed by atoms with Gasteiger partial charge in [-0.15, -0.1) is 0 Å². The largest absolute Gasteiger partial charge is 0.493 e. The maximum atomic E-state index is 11.7. The van der Waals surface area contributed by atoms with Crippen molar-refractivity contribution in [3.05, 3.63) is 29.8 Å². The molecule has 1 atom stereocenters. The highest BCUT2D eigenvalue weighted by Crippen LogP contribution is 2.12. The lowest BCUT2D eigenvalue weighted by atomic mass is 10.1. The van der Waals surface area contributed by atoms with Crippen molar-refractivity contribution in [2.75, 3.05) is 6.61 Å². The summed E-state index contributed by atoms with van der Waals surface area (Å²) in [6.07, 6.45) is 1.65. The van der Waals surface area contributed by atoms with E-state index >= 15 is 0 Å². The zero-order chi connectivity index (χ0) is 15.7. The van der Waals surface area contributed by atoms with Crippen LogP contribution >= 0.6 is 0 Å². The Morgan fingerprint density at radius 1 is 1.33 bits per heavy atom. The first-order valence-corrected chi connectivity index (χ1v) is 7.18. The zero-order valence-electron chi connectivity index (χ0n) is 12.6. The van der Waals surface area contributed by atoms with Crippen LogP contribution in [0.15, 0.2) is 24.3 Å². The van der Waals surface area contributed by atoms with E-state index in [-0.39, 0.29) is 24.8 Å². The van der Waals surface area contributed by atoms with E-state index < -0.39 is 5.97 Å². The number of nitrogens with one attached hydrogen (secondary N) is 1.